The quantitative estimate of drug-likeness (QED) is 0.0589. The molecule has 0 saturated carbocycles. The maximum Gasteiger partial charge on any atom is 0.166 e. The van der Waals surface area contributed by atoms with Gasteiger partial charge in [0.15, 0.2) is 11.6 Å². The van der Waals surface area contributed by atoms with E-state index in [-0.39, 0.29) is 23.4 Å². The normalized spacial score (nSPS) is 13.8. The second-order valence-corrected chi connectivity index (χ2v) is 22.0. The number of Topliss-reactive ketones (excluding diaryl/α,β-unsaturated/α-hetero) is 2. The fourth-order valence-electron chi connectivity index (χ4n) is 9.82. The van der Waals surface area contributed by atoms with Gasteiger partial charge >= 0.3 is 0 Å². The molecule has 0 radical (unpaired) electrons. The van der Waals surface area contributed by atoms with E-state index < -0.39 is 5.60 Å². The third-order valence-corrected chi connectivity index (χ3v) is 13.5. The molecule has 1 unspecified atom stereocenters. The Morgan fingerprint density at radius 2 is 0.987 bits per heavy atom. The topological polar surface area (TPSA) is 87.6 Å². The highest BCUT2D eigenvalue weighted by molar-refractivity contribution is 15.0. The molecule has 428 valence electrons. The summed E-state index contributed by atoms with van der Waals surface area (Å²) in [5.41, 5.74) is 10.8. The number of rotatable bonds is 20. The van der Waals surface area contributed by atoms with Crippen molar-refractivity contribution in [3.63, 3.8) is 0 Å². The Bertz CT molecular complexity index is 2450. The van der Waals surface area contributed by atoms with E-state index in [1.807, 2.05) is 134 Å². The minimum atomic E-state index is -0.726. The highest BCUT2D eigenvalue weighted by atomic mass is 128. The molecular formula is C67H102I2N4O4. The number of carbonyl (C=O) groups is 2. The summed E-state index contributed by atoms with van der Waals surface area (Å²) >= 11 is 4.24. The van der Waals surface area contributed by atoms with Gasteiger partial charge in [-0.2, -0.15) is 0 Å². The summed E-state index contributed by atoms with van der Waals surface area (Å²) in [6.07, 6.45) is 4.68. The van der Waals surface area contributed by atoms with Crippen LogP contribution in [0.15, 0.2) is 127 Å². The fraction of sp³-hybridized carbons (Fsp3) is 0.493. The molecule has 0 aliphatic heterocycles. The summed E-state index contributed by atoms with van der Waals surface area (Å²) in [5, 5.41) is 20.4. The Morgan fingerprint density at radius 1 is 0.558 bits per heavy atom. The van der Waals surface area contributed by atoms with Crippen LogP contribution >= 0.6 is 37.2 Å². The van der Waals surface area contributed by atoms with Crippen LogP contribution in [-0.2, 0) is 5.60 Å². The molecule has 0 aliphatic carbocycles. The number of halogens is 2. The van der Waals surface area contributed by atoms with E-state index in [2.05, 4.69) is 184 Å². The number of phenols is 1. The molecule has 0 amide bonds. The first-order chi connectivity index (χ1) is 36.2. The second-order valence-electron chi connectivity index (χ2n) is 22.0. The van der Waals surface area contributed by atoms with E-state index in [1.165, 1.54) is 27.8 Å². The van der Waals surface area contributed by atoms with Crippen molar-refractivity contribution >= 4 is 54.4 Å². The van der Waals surface area contributed by atoms with E-state index >= 15 is 0 Å². The van der Waals surface area contributed by atoms with E-state index in [4.69, 9.17) is 0 Å². The number of hydrogen-bond acceptors (Lipinski definition) is 8. The Kier molecular flexibility index (Phi) is 37.7. The van der Waals surface area contributed by atoms with Gasteiger partial charge < -0.3 is 29.8 Å². The van der Waals surface area contributed by atoms with Crippen LogP contribution in [0, 0.1) is 51.4 Å². The molecule has 5 aromatic carbocycles. The van der Waals surface area contributed by atoms with Gasteiger partial charge in [0.2, 0.25) is 0 Å². The van der Waals surface area contributed by atoms with Gasteiger partial charge in [-0.1, -0.05) is 174 Å². The highest BCUT2D eigenvalue weighted by Crippen LogP contribution is 2.34. The fourth-order valence-corrected chi connectivity index (χ4v) is 9.82. The van der Waals surface area contributed by atoms with Gasteiger partial charge in [0.05, 0.1) is 5.60 Å². The summed E-state index contributed by atoms with van der Waals surface area (Å²) in [6, 6.07) is 40.1. The molecule has 0 aromatic heterocycles. The summed E-state index contributed by atoms with van der Waals surface area (Å²) in [5.74, 6) is 2.78. The van der Waals surface area contributed by atoms with Gasteiger partial charge in [0.25, 0.3) is 0 Å². The van der Waals surface area contributed by atoms with Crippen molar-refractivity contribution in [2.45, 2.75) is 114 Å². The Hall–Kier alpha value is -3.76. The largest absolute Gasteiger partial charge is 0.508 e. The predicted octanol–water partition coefficient (Wildman–Crippen LogP) is 16.2. The number of hydrogen-bond donors (Lipinski definition) is 2. The van der Waals surface area contributed by atoms with Crippen molar-refractivity contribution in [3.8, 4) is 5.75 Å². The molecule has 0 fully saturated rings. The molecule has 0 aliphatic rings. The minimum Gasteiger partial charge on any atom is -0.508 e. The summed E-state index contributed by atoms with van der Waals surface area (Å²) in [6.45, 7) is 29.0. The van der Waals surface area contributed by atoms with E-state index in [0.29, 0.717) is 29.9 Å². The van der Waals surface area contributed by atoms with Crippen LogP contribution in [0.5, 0.6) is 5.75 Å². The molecule has 10 heteroatoms. The van der Waals surface area contributed by atoms with Crippen LogP contribution in [0.2, 0.25) is 0 Å². The monoisotopic (exact) mass is 1280 g/mol. The minimum absolute atomic E-state index is 0.0572. The standard InChI is InChI=1S/C15H25NO.C15H23N.C14H23NO.C13H19NO.C10H12O.I2/c1-6-15(17,13(3)11-16(4)5)14-9-7-8-12(2)10-14;1-6-15(13(3)11-16(4)5)14-9-7-8-12(2)10-14;1-5-14(11(2)10-15(3)4)12-7-6-8-13(16)9-12;1-10-6-5-7-12(8-10)13(15)11(2)9-14(3)4;1-3-10(11)9-6-4-5-8(2)7-9;1-2/h7-10,13,17H,6,11H2,1-5H3;6-10,13H,11H2,1-5H3;6-9,11,14,16H,5,10H2,1-4H3;5-8,11H,9H2,1-4H3;4-7H,3H2,1-2H3;/t13-,15+;13-;11-,14+;;;/m000.../s1. The number of aryl methyl sites for hydroxylation is 4. The lowest BCUT2D eigenvalue weighted by atomic mass is 9.79. The molecule has 0 bridgehead atoms. The molecule has 5 rings (SSSR count). The number of aliphatic hydroxyl groups is 1. The summed E-state index contributed by atoms with van der Waals surface area (Å²) in [4.78, 5) is 31.8. The van der Waals surface area contributed by atoms with E-state index in [1.54, 1.807) is 6.07 Å². The van der Waals surface area contributed by atoms with Gasteiger partial charge in [-0.15, -0.1) is 0 Å². The van der Waals surface area contributed by atoms with Gasteiger partial charge in [-0.05, 0) is 168 Å². The first kappa shape index (κ1) is 73.2. The van der Waals surface area contributed by atoms with Gasteiger partial charge in [0, 0.05) is 92.8 Å². The third-order valence-electron chi connectivity index (χ3n) is 13.5. The van der Waals surface area contributed by atoms with Crippen molar-refractivity contribution in [1.82, 2.24) is 19.6 Å². The van der Waals surface area contributed by atoms with Gasteiger partial charge in [-0.25, -0.2) is 0 Å². The maximum absolute atomic E-state index is 12.0. The maximum atomic E-state index is 12.0. The van der Waals surface area contributed by atoms with Crippen LogP contribution in [0.25, 0.3) is 5.57 Å². The molecule has 6 atom stereocenters. The highest BCUT2D eigenvalue weighted by Gasteiger charge is 2.34. The van der Waals surface area contributed by atoms with E-state index in [9.17, 15) is 19.8 Å². The first-order valence-electron chi connectivity index (χ1n) is 27.5. The summed E-state index contributed by atoms with van der Waals surface area (Å²) in [7, 11) is 16.5. The summed E-state index contributed by atoms with van der Waals surface area (Å²) < 4.78 is 0. The first-order valence-corrected chi connectivity index (χ1v) is 33.8. The zero-order valence-electron chi connectivity index (χ0n) is 51.2. The smallest absolute Gasteiger partial charge is 0.166 e. The molecule has 0 spiro atoms. The number of nitrogens with zero attached hydrogens (tertiary/aromatic N) is 4. The molecule has 0 saturated heterocycles. The molecule has 0 heterocycles. The number of ketones is 2. The van der Waals surface area contributed by atoms with Crippen LogP contribution in [-0.4, -0.2) is 124 Å². The van der Waals surface area contributed by atoms with E-state index in [0.717, 1.165) is 66.8 Å². The molecular weight excluding hydrogens is 1180 g/mol. The molecule has 2 N–H and O–H groups in total. The lowest BCUT2D eigenvalue weighted by molar-refractivity contribution is -0.0292. The molecule has 8 nitrogen and oxygen atoms in total. The Labute approximate surface area is 493 Å². The van der Waals surface area contributed by atoms with Crippen molar-refractivity contribution < 1.29 is 19.8 Å². The second kappa shape index (κ2) is 39.6. The number of allylic oxidation sites excluding steroid dienone is 1. The lowest BCUT2D eigenvalue weighted by Gasteiger charge is -2.35. The van der Waals surface area contributed by atoms with Crippen molar-refractivity contribution in [3.05, 3.63) is 177 Å². The SMILES string of the molecule is CC=C(c1cccc(C)c1)[C@@H](C)CN(C)C.CCC(=O)c1cccc(C)c1.CC[C@@H](c1cccc(O)c1)[C@@H](C)CN(C)C.CC[C@](O)(c1cccc(C)c1)[C@@H](C)CN(C)C.Cc1cccc(C(=O)C(C)CN(C)C)c1.II. The number of carbonyl (C=O) groups excluding carboxylic acids is 2. The number of phenolic OH excluding ortho intramolecular Hbond substituents is 1. The zero-order chi connectivity index (χ0) is 59.0. The van der Waals surface area contributed by atoms with Crippen molar-refractivity contribution in [2.75, 3.05) is 82.6 Å². The van der Waals surface area contributed by atoms with Gasteiger partial charge in [-0.3, -0.25) is 9.59 Å². The van der Waals surface area contributed by atoms with Crippen LogP contribution in [0.1, 0.15) is 140 Å². The van der Waals surface area contributed by atoms with Crippen LogP contribution < -0.4 is 0 Å². The molecule has 5 aromatic rings. The molecule has 77 heavy (non-hydrogen) atoms. The predicted molar refractivity (Wildman–Crippen MR) is 352 cm³/mol. The Morgan fingerprint density at radius 3 is 1.42 bits per heavy atom. The average molecular weight is 1280 g/mol. The average Bonchev–Trinajstić information content (AvgIpc) is 3.36. The third kappa shape index (κ3) is 28.8. The Balaban J connectivity index is 0.000000935. The van der Waals surface area contributed by atoms with Crippen molar-refractivity contribution in [2.24, 2.45) is 23.7 Å². The van der Waals surface area contributed by atoms with Gasteiger partial charge in [0.1, 0.15) is 5.75 Å². The zero-order valence-corrected chi connectivity index (χ0v) is 55.5. The number of aromatic hydroxyl groups is 1. The van der Waals surface area contributed by atoms with Crippen LogP contribution in [0.3, 0.4) is 0 Å². The lowest BCUT2D eigenvalue weighted by Crippen LogP contribution is -2.38. The van der Waals surface area contributed by atoms with Crippen LogP contribution in [0.4, 0.5) is 0 Å². The van der Waals surface area contributed by atoms with Crippen molar-refractivity contribution in [1.29, 1.82) is 0 Å². The number of benzene rings is 5.